The number of carbonyl (C=O) groups excluding carboxylic acids is 1. The van der Waals surface area contributed by atoms with E-state index in [9.17, 15) is 19.3 Å². The Labute approximate surface area is 125 Å². The number of amides is 1. The number of nitrogens with zero attached hydrogens (tertiary/aromatic N) is 2. The molecule has 2 rings (SSSR count). The van der Waals surface area contributed by atoms with Gasteiger partial charge in [-0.3, -0.25) is 14.9 Å². The number of para-hydroxylation sites is 1. The summed E-state index contributed by atoms with van der Waals surface area (Å²) in [4.78, 5) is 23.3. The van der Waals surface area contributed by atoms with Crippen molar-refractivity contribution >= 4 is 17.3 Å². The van der Waals surface area contributed by atoms with E-state index < -0.39 is 16.6 Å². The lowest BCUT2D eigenvalue weighted by Crippen LogP contribution is -2.31. The molecule has 114 valence electrons. The lowest BCUT2D eigenvalue weighted by Gasteiger charge is -2.17. The zero-order valence-corrected chi connectivity index (χ0v) is 11.7. The number of nitro groups is 1. The molecule has 0 atom stereocenters. The van der Waals surface area contributed by atoms with Crippen LogP contribution in [0.3, 0.4) is 0 Å². The van der Waals surface area contributed by atoms with Crippen LogP contribution in [0, 0.1) is 15.9 Å². The summed E-state index contributed by atoms with van der Waals surface area (Å²) >= 11 is 0. The number of hydrogen-bond donors (Lipinski definition) is 0. The summed E-state index contributed by atoms with van der Waals surface area (Å²) in [5.41, 5.74) is 0.417. The maximum absolute atomic E-state index is 13.4. The number of likely N-dealkylation sites (N-methyl/N-ethyl adjacent to an activating group) is 1. The minimum Gasteiger partial charge on any atom is -0.481 e. The van der Waals surface area contributed by atoms with Gasteiger partial charge < -0.3 is 9.64 Å². The van der Waals surface area contributed by atoms with Crippen molar-refractivity contribution in [3.05, 3.63) is 64.5 Å². The molecule has 1 amide bonds. The average Bonchev–Trinajstić information content (AvgIpc) is 2.53. The minimum absolute atomic E-state index is 0.00653. The number of non-ortho nitro benzene ring substituents is 1. The Balaban J connectivity index is 2.00. The average molecular weight is 304 g/mol. The number of benzene rings is 2. The van der Waals surface area contributed by atoms with E-state index >= 15 is 0 Å². The van der Waals surface area contributed by atoms with Crippen molar-refractivity contribution in [2.24, 2.45) is 0 Å². The van der Waals surface area contributed by atoms with Gasteiger partial charge in [0.05, 0.1) is 4.92 Å². The van der Waals surface area contributed by atoms with E-state index in [1.807, 2.05) is 0 Å². The van der Waals surface area contributed by atoms with Crippen LogP contribution in [0.15, 0.2) is 48.5 Å². The fraction of sp³-hybridized carbons (Fsp3) is 0.133. The standard InChI is InChI=1S/C15H13FN2O4/c1-17(11-6-8-12(9-7-11)18(20)21)15(19)10-22-14-5-3-2-4-13(14)16/h2-9H,10H2,1H3. The zero-order chi connectivity index (χ0) is 16.1. The molecule has 0 aromatic heterocycles. The quantitative estimate of drug-likeness (QED) is 0.629. The van der Waals surface area contributed by atoms with E-state index in [0.717, 1.165) is 0 Å². The third-order valence-electron chi connectivity index (χ3n) is 3.01. The van der Waals surface area contributed by atoms with Crippen molar-refractivity contribution in [2.45, 2.75) is 0 Å². The van der Waals surface area contributed by atoms with Gasteiger partial charge in [-0.05, 0) is 24.3 Å². The van der Waals surface area contributed by atoms with Gasteiger partial charge in [0.25, 0.3) is 11.6 Å². The summed E-state index contributed by atoms with van der Waals surface area (Å²) in [6.45, 7) is -0.339. The molecule has 6 nitrogen and oxygen atoms in total. The molecule has 0 fully saturated rings. The molecular formula is C15H13FN2O4. The summed E-state index contributed by atoms with van der Waals surface area (Å²) in [6, 6.07) is 11.3. The molecule has 22 heavy (non-hydrogen) atoms. The van der Waals surface area contributed by atoms with E-state index in [-0.39, 0.29) is 18.0 Å². The van der Waals surface area contributed by atoms with E-state index in [1.54, 1.807) is 6.07 Å². The maximum atomic E-state index is 13.4. The number of nitro benzene ring substituents is 1. The Bertz CT molecular complexity index is 688. The van der Waals surface area contributed by atoms with Crippen LogP contribution in [-0.4, -0.2) is 24.5 Å². The predicted octanol–water partition coefficient (Wildman–Crippen LogP) is 2.78. The molecule has 0 aliphatic carbocycles. The van der Waals surface area contributed by atoms with Gasteiger partial charge in [-0.25, -0.2) is 4.39 Å². The Hall–Kier alpha value is -2.96. The van der Waals surface area contributed by atoms with Crippen molar-refractivity contribution < 1.29 is 18.8 Å². The first-order chi connectivity index (χ1) is 10.5. The number of rotatable bonds is 5. The Morgan fingerprint density at radius 1 is 1.23 bits per heavy atom. The van der Waals surface area contributed by atoms with Gasteiger partial charge in [-0.1, -0.05) is 12.1 Å². The van der Waals surface area contributed by atoms with Gasteiger partial charge >= 0.3 is 0 Å². The monoisotopic (exact) mass is 304 g/mol. The molecule has 2 aromatic carbocycles. The third kappa shape index (κ3) is 3.57. The van der Waals surface area contributed by atoms with Gasteiger partial charge in [0.2, 0.25) is 0 Å². The van der Waals surface area contributed by atoms with Crippen molar-refractivity contribution in [2.75, 3.05) is 18.6 Å². The van der Waals surface area contributed by atoms with Crippen LogP contribution in [0.25, 0.3) is 0 Å². The molecule has 0 heterocycles. The van der Waals surface area contributed by atoms with Crippen LogP contribution in [0.2, 0.25) is 0 Å². The molecule has 7 heteroatoms. The number of ether oxygens (including phenoxy) is 1. The first kappa shape index (κ1) is 15.4. The Morgan fingerprint density at radius 2 is 1.86 bits per heavy atom. The molecule has 0 saturated heterocycles. The van der Waals surface area contributed by atoms with E-state index in [4.69, 9.17) is 4.74 Å². The van der Waals surface area contributed by atoms with Crippen molar-refractivity contribution in [3.63, 3.8) is 0 Å². The second kappa shape index (κ2) is 6.66. The highest BCUT2D eigenvalue weighted by Crippen LogP contribution is 2.19. The van der Waals surface area contributed by atoms with E-state index in [0.29, 0.717) is 5.69 Å². The predicted molar refractivity (Wildman–Crippen MR) is 78.4 cm³/mol. The summed E-state index contributed by atoms with van der Waals surface area (Å²) in [5.74, 6) is -0.960. The molecule has 0 saturated carbocycles. The van der Waals surface area contributed by atoms with Gasteiger partial charge in [0.15, 0.2) is 18.2 Å². The van der Waals surface area contributed by atoms with E-state index in [2.05, 4.69) is 0 Å². The van der Waals surface area contributed by atoms with Gasteiger partial charge in [0.1, 0.15) is 0 Å². The van der Waals surface area contributed by atoms with Crippen molar-refractivity contribution in [1.29, 1.82) is 0 Å². The van der Waals surface area contributed by atoms with Crippen LogP contribution < -0.4 is 9.64 Å². The SMILES string of the molecule is CN(C(=O)COc1ccccc1F)c1ccc([N+](=O)[O-])cc1. The largest absolute Gasteiger partial charge is 0.481 e. The van der Waals surface area contributed by atoms with Crippen LogP contribution in [0.5, 0.6) is 5.75 Å². The van der Waals surface area contributed by atoms with Gasteiger partial charge in [0, 0.05) is 24.9 Å². The van der Waals surface area contributed by atoms with Gasteiger partial charge in [-0.2, -0.15) is 0 Å². The summed E-state index contributed by atoms with van der Waals surface area (Å²) in [6.07, 6.45) is 0. The smallest absolute Gasteiger partial charge is 0.269 e. The second-order valence-electron chi connectivity index (χ2n) is 4.45. The molecule has 0 spiro atoms. The van der Waals surface area contributed by atoms with Crippen LogP contribution in [-0.2, 0) is 4.79 Å². The highest BCUT2D eigenvalue weighted by atomic mass is 19.1. The fourth-order valence-corrected chi connectivity index (χ4v) is 1.74. The van der Waals surface area contributed by atoms with Crippen LogP contribution >= 0.6 is 0 Å². The third-order valence-corrected chi connectivity index (χ3v) is 3.01. The highest BCUT2D eigenvalue weighted by Gasteiger charge is 2.14. The number of carbonyl (C=O) groups is 1. The molecule has 0 aliphatic rings. The maximum Gasteiger partial charge on any atom is 0.269 e. The molecule has 0 unspecified atom stereocenters. The molecule has 0 N–H and O–H groups in total. The number of hydrogen-bond acceptors (Lipinski definition) is 4. The Morgan fingerprint density at radius 3 is 2.45 bits per heavy atom. The summed E-state index contributed by atoms with van der Waals surface area (Å²) in [5, 5.41) is 10.6. The Kier molecular flexibility index (Phi) is 4.67. The van der Waals surface area contributed by atoms with Crippen LogP contribution in [0.4, 0.5) is 15.8 Å². The summed E-state index contributed by atoms with van der Waals surface area (Å²) < 4.78 is 18.5. The first-order valence-corrected chi connectivity index (χ1v) is 6.37. The topological polar surface area (TPSA) is 72.7 Å². The lowest BCUT2D eigenvalue weighted by atomic mass is 10.2. The molecule has 2 aromatic rings. The molecule has 0 bridgehead atoms. The second-order valence-corrected chi connectivity index (χ2v) is 4.45. The normalized spacial score (nSPS) is 10.1. The molecule has 0 radical (unpaired) electrons. The molecule has 0 aliphatic heterocycles. The van der Waals surface area contributed by atoms with Crippen molar-refractivity contribution in [3.8, 4) is 5.75 Å². The van der Waals surface area contributed by atoms with Gasteiger partial charge in [-0.15, -0.1) is 0 Å². The summed E-state index contributed by atoms with van der Waals surface area (Å²) in [7, 11) is 1.51. The van der Waals surface area contributed by atoms with Crippen LogP contribution in [0.1, 0.15) is 0 Å². The highest BCUT2D eigenvalue weighted by molar-refractivity contribution is 5.94. The number of anilines is 1. The number of halogens is 1. The van der Waals surface area contributed by atoms with Crippen molar-refractivity contribution in [1.82, 2.24) is 0 Å². The fourth-order valence-electron chi connectivity index (χ4n) is 1.74. The zero-order valence-electron chi connectivity index (χ0n) is 11.7. The lowest BCUT2D eigenvalue weighted by molar-refractivity contribution is -0.384. The van der Waals surface area contributed by atoms with E-state index in [1.165, 1.54) is 54.4 Å². The minimum atomic E-state index is -0.548. The molecular weight excluding hydrogens is 291 g/mol. The first-order valence-electron chi connectivity index (χ1n) is 6.37.